The summed E-state index contributed by atoms with van der Waals surface area (Å²) in [6.07, 6.45) is 0.275. The zero-order valence-electron chi connectivity index (χ0n) is 18.1. The Balaban J connectivity index is 1.55. The molecule has 1 aliphatic heterocycles. The maximum Gasteiger partial charge on any atom is 0.251 e. The summed E-state index contributed by atoms with van der Waals surface area (Å²) >= 11 is 7.56. The molecule has 1 unspecified atom stereocenters. The maximum absolute atomic E-state index is 14.4. The van der Waals surface area contributed by atoms with Crippen molar-refractivity contribution in [3.05, 3.63) is 94.3 Å². The van der Waals surface area contributed by atoms with Crippen LogP contribution < -0.4 is 10.2 Å². The second-order valence-corrected chi connectivity index (χ2v) is 9.26. The van der Waals surface area contributed by atoms with E-state index in [1.54, 1.807) is 24.3 Å². The van der Waals surface area contributed by atoms with E-state index in [-0.39, 0.29) is 47.0 Å². The monoisotopic (exact) mass is 493 g/mol. The molecule has 3 aromatic rings. The second kappa shape index (κ2) is 10.7. The fourth-order valence-corrected chi connectivity index (χ4v) is 4.96. The smallest absolute Gasteiger partial charge is 0.251 e. The summed E-state index contributed by atoms with van der Waals surface area (Å²) in [7, 11) is 0. The average Bonchev–Trinajstić information content (AvgIpc) is 2.85. The van der Waals surface area contributed by atoms with Gasteiger partial charge in [0, 0.05) is 39.9 Å². The van der Waals surface area contributed by atoms with Crippen molar-refractivity contribution in [2.24, 2.45) is 0 Å². The molecule has 0 fully saturated rings. The van der Waals surface area contributed by atoms with E-state index >= 15 is 0 Å². The van der Waals surface area contributed by atoms with Crippen molar-refractivity contribution >= 4 is 40.9 Å². The van der Waals surface area contributed by atoms with E-state index in [4.69, 9.17) is 11.6 Å². The number of halogens is 2. The first-order chi connectivity index (χ1) is 16.5. The third kappa shape index (κ3) is 5.24. The number of carbonyl (C=O) groups excluding carboxylic acids is 2. The summed E-state index contributed by atoms with van der Waals surface area (Å²) in [4.78, 5) is 28.0. The van der Waals surface area contributed by atoms with Gasteiger partial charge in [0.1, 0.15) is 5.82 Å². The molecule has 4 rings (SSSR count). The van der Waals surface area contributed by atoms with Crippen molar-refractivity contribution in [3.8, 4) is 6.07 Å². The summed E-state index contributed by atoms with van der Waals surface area (Å²) in [5.74, 6) is -0.901. The molecule has 0 spiro atoms. The Morgan fingerprint density at radius 2 is 1.97 bits per heavy atom. The van der Waals surface area contributed by atoms with Gasteiger partial charge in [-0.1, -0.05) is 48.0 Å². The van der Waals surface area contributed by atoms with E-state index in [9.17, 15) is 19.2 Å². The van der Waals surface area contributed by atoms with Gasteiger partial charge in [0.05, 0.1) is 24.1 Å². The van der Waals surface area contributed by atoms with Crippen LogP contribution in [0.25, 0.3) is 0 Å². The molecule has 172 valence electrons. The number of rotatable bonds is 7. The Kier molecular flexibility index (Phi) is 7.51. The van der Waals surface area contributed by atoms with E-state index in [2.05, 4.69) is 11.4 Å². The first-order valence-corrected chi connectivity index (χ1v) is 12.0. The highest BCUT2D eigenvalue weighted by Gasteiger charge is 2.27. The molecule has 0 saturated heterocycles. The molecule has 0 aromatic heterocycles. The molecule has 3 aromatic carbocycles. The lowest BCUT2D eigenvalue weighted by molar-refractivity contribution is -0.116. The standard InChI is InChI=1S/C26H21ClFN3O2S/c27-21-7-4-8-22(28)20(21)15-31-23-13-18(9-10-24(23)34-16-25(31)32)26(33)30-14-19(11-12-29)17-5-2-1-3-6-17/h1-10,13,19H,11,14-16H2,(H,30,33). The first-order valence-electron chi connectivity index (χ1n) is 10.7. The van der Waals surface area contributed by atoms with Crippen LogP contribution in [-0.4, -0.2) is 24.1 Å². The number of thioether (sulfide) groups is 1. The molecule has 8 heteroatoms. The number of carbonyl (C=O) groups is 2. The molecule has 0 saturated carbocycles. The molecule has 2 amide bonds. The van der Waals surface area contributed by atoms with Crippen molar-refractivity contribution < 1.29 is 14.0 Å². The van der Waals surface area contributed by atoms with Crippen molar-refractivity contribution in [1.82, 2.24) is 5.32 Å². The Labute approximate surface area is 206 Å². The molecule has 1 atom stereocenters. The van der Waals surface area contributed by atoms with Crippen LogP contribution in [0, 0.1) is 17.1 Å². The first kappa shape index (κ1) is 23.8. The zero-order chi connectivity index (χ0) is 24.1. The predicted octanol–water partition coefficient (Wildman–Crippen LogP) is 5.55. The lowest BCUT2D eigenvalue weighted by atomic mass is 9.96. The SMILES string of the molecule is N#CCC(CNC(=O)c1ccc2c(c1)N(Cc1c(F)cccc1Cl)C(=O)CS2)c1ccccc1. The van der Waals surface area contributed by atoms with Gasteiger partial charge in [-0.3, -0.25) is 9.59 Å². The van der Waals surface area contributed by atoms with E-state index in [1.807, 2.05) is 30.3 Å². The van der Waals surface area contributed by atoms with Gasteiger partial charge in [-0.05, 0) is 35.9 Å². The van der Waals surface area contributed by atoms with Crippen molar-refractivity contribution in [3.63, 3.8) is 0 Å². The third-order valence-electron chi connectivity index (χ3n) is 5.66. The van der Waals surface area contributed by atoms with Crippen LogP contribution in [0.15, 0.2) is 71.6 Å². The predicted molar refractivity (Wildman–Crippen MR) is 132 cm³/mol. The number of amides is 2. The van der Waals surface area contributed by atoms with E-state index in [1.165, 1.54) is 28.8 Å². The van der Waals surface area contributed by atoms with Gasteiger partial charge in [-0.2, -0.15) is 5.26 Å². The van der Waals surface area contributed by atoms with Crippen molar-refractivity contribution in [1.29, 1.82) is 5.26 Å². The summed E-state index contributed by atoms with van der Waals surface area (Å²) in [6.45, 7) is 0.275. The minimum absolute atomic E-state index is 0.0266. The van der Waals surface area contributed by atoms with Crippen molar-refractivity contribution in [2.75, 3.05) is 17.2 Å². The van der Waals surface area contributed by atoms with Crippen LogP contribution in [0.2, 0.25) is 5.02 Å². The molecule has 1 N–H and O–H groups in total. The molecule has 5 nitrogen and oxygen atoms in total. The quantitative estimate of drug-likeness (QED) is 0.468. The molecule has 34 heavy (non-hydrogen) atoms. The second-order valence-electron chi connectivity index (χ2n) is 7.83. The normalized spacial score (nSPS) is 13.7. The van der Waals surface area contributed by atoms with Crippen LogP contribution in [0.1, 0.15) is 33.8 Å². The zero-order valence-corrected chi connectivity index (χ0v) is 19.7. The lowest BCUT2D eigenvalue weighted by Gasteiger charge is -2.30. The highest BCUT2D eigenvalue weighted by Crippen LogP contribution is 2.37. The molecular formula is C26H21ClFN3O2S. The highest BCUT2D eigenvalue weighted by atomic mass is 35.5. The number of nitrogens with one attached hydrogen (secondary N) is 1. The van der Waals surface area contributed by atoms with Crippen molar-refractivity contribution in [2.45, 2.75) is 23.8 Å². The van der Waals surface area contributed by atoms with Gasteiger partial charge in [0.25, 0.3) is 5.91 Å². The van der Waals surface area contributed by atoms with Gasteiger partial charge >= 0.3 is 0 Å². The number of benzene rings is 3. The fourth-order valence-electron chi connectivity index (χ4n) is 3.82. The van der Waals surface area contributed by atoms with E-state index < -0.39 is 5.82 Å². The summed E-state index contributed by atoms with van der Waals surface area (Å²) < 4.78 is 14.4. The number of nitriles is 1. The maximum atomic E-state index is 14.4. The van der Waals surface area contributed by atoms with Crippen LogP contribution in [0.3, 0.4) is 0 Å². The Bertz CT molecular complexity index is 1240. The summed E-state index contributed by atoms with van der Waals surface area (Å²) in [5.41, 5.74) is 2.13. The van der Waals surface area contributed by atoms with Gasteiger partial charge in [0.2, 0.25) is 5.91 Å². The van der Waals surface area contributed by atoms with Crippen LogP contribution in [0.5, 0.6) is 0 Å². The minimum atomic E-state index is -0.488. The van der Waals surface area contributed by atoms with Crippen LogP contribution in [0.4, 0.5) is 10.1 Å². The van der Waals surface area contributed by atoms with Crippen LogP contribution >= 0.6 is 23.4 Å². The third-order valence-corrected chi connectivity index (χ3v) is 7.06. The minimum Gasteiger partial charge on any atom is -0.351 e. The largest absolute Gasteiger partial charge is 0.351 e. The Hall–Kier alpha value is -3.34. The number of fused-ring (bicyclic) bond motifs is 1. The molecule has 0 bridgehead atoms. The number of hydrogen-bond acceptors (Lipinski definition) is 4. The number of hydrogen-bond donors (Lipinski definition) is 1. The number of anilines is 1. The average molecular weight is 494 g/mol. The van der Waals surface area contributed by atoms with Crippen LogP contribution in [-0.2, 0) is 11.3 Å². The van der Waals surface area contributed by atoms with Gasteiger partial charge in [-0.25, -0.2) is 4.39 Å². The van der Waals surface area contributed by atoms with Gasteiger partial charge in [-0.15, -0.1) is 11.8 Å². The molecule has 1 heterocycles. The number of nitrogens with zero attached hydrogens (tertiary/aromatic N) is 2. The Morgan fingerprint density at radius 3 is 2.71 bits per heavy atom. The molecule has 0 radical (unpaired) electrons. The summed E-state index contributed by atoms with van der Waals surface area (Å²) in [6, 6.07) is 21.3. The molecule has 1 aliphatic rings. The molecule has 0 aliphatic carbocycles. The highest BCUT2D eigenvalue weighted by molar-refractivity contribution is 8.00. The topological polar surface area (TPSA) is 73.2 Å². The Morgan fingerprint density at radius 1 is 1.18 bits per heavy atom. The van der Waals surface area contributed by atoms with Gasteiger partial charge in [0.15, 0.2) is 0 Å². The summed E-state index contributed by atoms with van der Waals surface area (Å²) in [5, 5.41) is 12.3. The lowest BCUT2D eigenvalue weighted by Crippen LogP contribution is -2.35. The van der Waals surface area contributed by atoms with Gasteiger partial charge < -0.3 is 10.2 Å². The fraction of sp³-hybridized carbons (Fsp3) is 0.192. The van der Waals surface area contributed by atoms with E-state index in [0.29, 0.717) is 17.8 Å². The van der Waals surface area contributed by atoms with E-state index in [0.717, 1.165) is 10.5 Å². The molecular weight excluding hydrogens is 473 g/mol.